The summed E-state index contributed by atoms with van der Waals surface area (Å²) in [5.74, 6) is 1.78. The number of aromatic nitrogens is 1. The predicted molar refractivity (Wildman–Crippen MR) is 111 cm³/mol. The number of ether oxygens (including phenoxy) is 1. The van der Waals surface area contributed by atoms with E-state index in [1.165, 1.54) is 11.6 Å². The molecule has 0 bridgehead atoms. The van der Waals surface area contributed by atoms with Gasteiger partial charge in [-0.05, 0) is 44.0 Å². The molecule has 1 atom stereocenters. The average Bonchev–Trinajstić information content (AvgIpc) is 3.17. The van der Waals surface area contributed by atoms with Crippen molar-refractivity contribution in [3.05, 3.63) is 54.0 Å². The molecule has 2 heterocycles. The smallest absolute Gasteiger partial charge is 0.191 e. The third-order valence-corrected chi connectivity index (χ3v) is 4.69. The highest BCUT2D eigenvalue weighted by Crippen LogP contribution is 2.20. The first-order valence-corrected chi connectivity index (χ1v) is 9.68. The van der Waals surface area contributed by atoms with E-state index in [2.05, 4.69) is 27.5 Å². The van der Waals surface area contributed by atoms with Gasteiger partial charge in [-0.25, -0.2) is 9.37 Å². The first kappa shape index (κ1) is 19.9. The highest BCUT2D eigenvalue weighted by Gasteiger charge is 2.25. The van der Waals surface area contributed by atoms with Gasteiger partial charge in [0.1, 0.15) is 5.75 Å². The quantitative estimate of drug-likeness (QED) is 0.436. The Morgan fingerprint density at radius 1 is 1.32 bits per heavy atom. The van der Waals surface area contributed by atoms with Crippen LogP contribution in [-0.2, 0) is 0 Å². The van der Waals surface area contributed by atoms with Crippen LogP contribution in [0.5, 0.6) is 5.75 Å². The van der Waals surface area contributed by atoms with Crippen LogP contribution in [0.3, 0.4) is 0 Å². The molecule has 1 aromatic heterocycles. The minimum Gasteiger partial charge on any atom is -0.494 e. The number of nitrogens with zero attached hydrogens (tertiary/aromatic N) is 3. The number of hydrogen-bond donors (Lipinski definition) is 2. The zero-order valence-corrected chi connectivity index (χ0v) is 16.5. The lowest BCUT2D eigenvalue weighted by atomic mass is 10.2. The second kappa shape index (κ2) is 9.92. The second-order valence-corrected chi connectivity index (χ2v) is 6.90. The van der Waals surface area contributed by atoms with E-state index in [-0.39, 0.29) is 11.9 Å². The maximum Gasteiger partial charge on any atom is 0.191 e. The molecule has 6 nitrogen and oxygen atoms in total. The van der Waals surface area contributed by atoms with Crippen molar-refractivity contribution in [2.24, 2.45) is 4.99 Å². The fraction of sp³-hybridized carbons (Fsp3) is 0.429. The molecule has 2 aromatic rings. The average molecular weight is 385 g/mol. The van der Waals surface area contributed by atoms with Gasteiger partial charge in [0.2, 0.25) is 0 Å². The molecule has 1 fully saturated rings. The van der Waals surface area contributed by atoms with Crippen LogP contribution in [0, 0.1) is 12.7 Å². The van der Waals surface area contributed by atoms with Crippen molar-refractivity contribution in [3.8, 4) is 5.75 Å². The monoisotopic (exact) mass is 385 g/mol. The lowest BCUT2D eigenvalue weighted by Crippen LogP contribution is -2.45. The summed E-state index contributed by atoms with van der Waals surface area (Å²) in [5.41, 5.74) is 1.22. The molecule has 1 aliphatic rings. The van der Waals surface area contributed by atoms with E-state index < -0.39 is 0 Å². The molecule has 0 saturated carbocycles. The zero-order chi connectivity index (χ0) is 19.8. The Hall–Kier alpha value is -2.83. The summed E-state index contributed by atoms with van der Waals surface area (Å²) in [4.78, 5) is 10.4. The van der Waals surface area contributed by atoms with Crippen LogP contribution in [0.15, 0.2) is 47.6 Å². The van der Waals surface area contributed by atoms with Gasteiger partial charge >= 0.3 is 0 Å². The summed E-state index contributed by atoms with van der Waals surface area (Å²) in [6, 6.07) is 11.3. The summed E-state index contributed by atoms with van der Waals surface area (Å²) in [6.45, 7) is 4.93. The van der Waals surface area contributed by atoms with Gasteiger partial charge in [-0.2, -0.15) is 0 Å². The molecular weight excluding hydrogens is 357 g/mol. The molecule has 7 heteroatoms. The number of rotatable bonds is 7. The van der Waals surface area contributed by atoms with E-state index in [1.54, 1.807) is 19.3 Å². The summed E-state index contributed by atoms with van der Waals surface area (Å²) >= 11 is 0. The van der Waals surface area contributed by atoms with Crippen molar-refractivity contribution in [1.29, 1.82) is 0 Å². The van der Waals surface area contributed by atoms with E-state index in [1.807, 2.05) is 29.2 Å². The first-order valence-electron chi connectivity index (χ1n) is 9.68. The Bertz CT molecular complexity index is 781. The highest BCUT2D eigenvalue weighted by molar-refractivity contribution is 5.80. The van der Waals surface area contributed by atoms with E-state index in [4.69, 9.17) is 4.74 Å². The molecule has 28 heavy (non-hydrogen) atoms. The molecule has 1 saturated heterocycles. The maximum absolute atomic E-state index is 13.9. The molecule has 0 radical (unpaired) electrons. The Morgan fingerprint density at radius 3 is 2.89 bits per heavy atom. The minimum absolute atomic E-state index is 0.205. The zero-order valence-electron chi connectivity index (χ0n) is 16.5. The lowest BCUT2D eigenvalue weighted by Gasteiger charge is -2.20. The topological polar surface area (TPSA) is 61.8 Å². The molecule has 3 rings (SSSR count). The Kier molecular flexibility index (Phi) is 7.06. The van der Waals surface area contributed by atoms with Crippen LogP contribution in [-0.4, -0.2) is 50.3 Å². The number of hydrogen-bond acceptors (Lipinski definition) is 4. The van der Waals surface area contributed by atoms with Gasteiger partial charge < -0.3 is 20.3 Å². The Balaban J connectivity index is 1.37. The normalized spacial score (nSPS) is 16.9. The number of aryl methyl sites for hydroxylation is 1. The first-order chi connectivity index (χ1) is 13.7. The third kappa shape index (κ3) is 5.58. The van der Waals surface area contributed by atoms with Gasteiger partial charge in [-0.3, -0.25) is 4.99 Å². The van der Waals surface area contributed by atoms with Gasteiger partial charge in [-0.15, -0.1) is 0 Å². The van der Waals surface area contributed by atoms with Crippen molar-refractivity contribution in [2.45, 2.75) is 25.8 Å². The highest BCUT2D eigenvalue weighted by atomic mass is 19.1. The summed E-state index contributed by atoms with van der Waals surface area (Å²) in [6.07, 6.45) is 3.40. The molecule has 1 unspecified atom stereocenters. The van der Waals surface area contributed by atoms with Crippen LogP contribution in [0.1, 0.15) is 18.4 Å². The van der Waals surface area contributed by atoms with Crippen LogP contribution in [0.2, 0.25) is 0 Å². The van der Waals surface area contributed by atoms with Gasteiger partial charge in [0.25, 0.3) is 0 Å². The van der Waals surface area contributed by atoms with Crippen LogP contribution in [0.25, 0.3) is 0 Å². The van der Waals surface area contributed by atoms with Crippen LogP contribution < -0.4 is 20.3 Å². The van der Waals surface area contributed by atoms with Crippen molar-refractivity contribution in [1.82, 2.24) is 15.6 Å². The summed E-state index contributed by atoms with van der Waals surface area (Å²) in [5, 5.41) is 6.71. The van der Waals surface area contributed by atoms with Crippen LogP contribution in [0.4, 0.5) is 10.2 Å². The molecule has 1 aromatic carbocycles. The van der Waals surface area contributed by atoms with E-state index in [0.717, 1.165) is 37.6 Å². The molecular formula is C21H28FN5O. The molecule has 0 aliphatic carbocycles. The van der Waals surface area contributed by atoms with Crippen molar-refractivity contribution >= 4 is 11.8 Å². The minimum atomic E-state index is -0.278. The van der Waals surface area contributed by atoms with E-state index in [9.17, 15) is 4.39 Å². The number of guanidine groups is 1. The van der Waals surface area contributed by atoms with E-state index in [0.29, 0.717) is 19.0 Å². The summed E-state index contributed by atoms with van der Waals surface area (Å²) < 4.78 is 19.6. The largest absolute Gasteiger partial charge is 0.494 e. The van der Waals surface area contributed by atoms with Crippen molar-refractivity contribution in [2.75, 3.05) is 38.2 Å². The van der Waals surface area contributed by atoms with Crippen LogP contribution >= 0.6 is 0 Å². The van der Waals surface area contributed by atoms with Gasteiger partial charge in [-0.1, -0.05) is 17.7 Å². The van der Waals surface area contributed by atoms with Gasteiger partial charge in [0.15, 0.2) is 17.6 Å². The molecule has 0 amide bonds. The van der Waals surface area contributed by atoms with Crippen molar-refractivity contribution in [3.63, 3.8) is 0 Å². The SMILES string of the molecule is CN=C(NCCCOc1ccc(C)cc1)NC1CCN(c2ncccc2F)C1. The van der Waals surface area contributed by atoms with Gasteiger partial charge in [0.05, 0.1) is 6.61 Å². The molecule has 1 aliphatic heterocycles. The predicted octanol–water partition coefficient (Wildman–Crippen LogP) is 2.74. The second-order valence-electron chi connectivity index (χ2n) is 6.90. The summed E-state index contributed by atoms with van der Waals surface area (Å²) in [7, 11) is 1.75. The number of halogens is 1. The number of benzene rings is 1. The molecule has 2 N–H and O–H groups in total. The Labute approximate surface area is 165 Å². The molecule has 150 valence electrons. The number of nitrogens with one attached hydrogen (secondary N) is 2. The van der Waals surface area contributed by atoms with Crippen molar-refractivity contribution < 1.29 is 9.13 Å². The fourth-order valence-electron chi connectivity index (χ4n) is 3.17. The standard InChI is InChI=1S/C21H28FN5O/c1-16-6-8-18(9-7-16)28-14-4-12-25-21(23-2)26-17-10-13-27(15-17)20-19(22)5-3-11-24-20/h3,5-9,11,17H,4,10,12-15H2,1-2H3,(H2,23,25,26). The maximum atomic E-state index is 13.9. The third-order valence-electron chi connectivity index (χ3n) is 4.69. The number of anilines is 1. The fourth-order valence-corrected chi connectivity index (χ4v) is 3.17. The molecule has 0 spiro atoms. The van der Waals surface area contributed by atoms with Gasteiger partial charge in [0, 0.05) is 38.9 Å². The Morgan fingerprint density at radius 2 is 2.14 bits per heavy atom. The number of pyridine rings is 1. The number of aliphatic imine (C=N–C) groups is 1. The lowest BCUT2D eigenvalue weighted by molar-refractivity contribution is 0.311. The van der Waals surface area contributed by atoms with E-state index >= 15 is 0 Å².